The van der Waals surface area contributed by atoms with Crippen LogP contribution in [0.1, 0.15) is 30.4 Å². The van der Waals surface area contributed by atoms with Crippen molar-refractivity contribution in [3.63, 3.8) is 0 Å². The van der Waals surface area contributed by atoms with Crippen molar-refractivity contribution in [3.8, 4) is 0 Å². The maximum atomic E-state index is 12.6. The Morgan fingerprint density at radius 3 is 2.67 bits per heavy atom. The minimum Gasteiger partial charge on any atom is -0.352 e. The van der Waals surface area contributed by atoms with Gasteiger partial charge < -0.3 is 11.1 Å². The predicted octanol–water partition coefficient (Wildman–Crippen LogP) is 3.10. The molecule has 2 atom stereocenters. The minimum atomic E-state index is -4.43. The Morgan fingerprint density at radius 1 is 1.38 bits per heavy atom. The van der Waals surface area contributed by atoms with E-state index in [9.17, 15) is 18.0 Å². The van der Waals surface area contributed by atoms with Crippen LogP contribution in [-0.4, -0.2) is 11.9 Å². The van der Waals surface area contributed by atoms with E-state index in [1.54, 1.807) is 0 Å². The van der Waals surface area contributed by atoms with Crippen molar-refractivity contribution in [1.82, 2.24) is 5.32 Å². The number of hydrogen-bond donors (Lipinski definition) is 2. The van der Waals surface area contributed by atoms with Crippen LogP contribution in [0.15, 0.2) is 18.2 Å². The summed E-state index contributed by atoms with van der Waals surface area (Å²) >= 11 is 5.87. The Hall–Kier alpha value is -1.27. The largest absolute Gasteiger partial charge is 0.416 e. The molecule has 1 amide bonds. The van der Waals surface area contributed by atoms with Gasteiger partial charge in [-0.25, -0.2) is 0 Å². The SMILES string of the molecule is N[C@H]1CC[C@@H](C(=O)NCc2cc(C(F)(F)F)ccc2Cl)C1. The smallest absolute Gasteiger partial charge is 0.352 e. The third-order valence-electron chi connectivity index (χ3n) is 3.67. The highest BCUT2D eigenvalue weighted by Gasteiger charge is 2.31. The van der Waals surface area contributed by atoms with Crippen LogP contribution in [0.5, 0.6) is 0 Å². The summed E-state index contributed by atoms with van der Waals surface area (Å²) in [4.78, 5) is 11.9. The number of carbonyl (C=O) groups is 1. The van der Waals surface area contributed by atoms with E-state index >= 15 is 0 Å². The van der Waals surface area contributed by atoms with E-state index in [2.05, 4.69) is 5.32 Å². The summed E-state index contributed by atoms with van der Waals surface area (Å²) in [6, 6.07) is 3.10. The molecule has 0 spiro atoms. The monoisotopic (exact) mass is 320 g/mol. The van der Waals surface area contributed by atoms with E-state index in [4.69, 9.17) is 17.3 Å². The van der Waals surface area contributed by atoms with Gasteiger partial charge in [0.25, 0.3) is 0 Å². The van der Waals surface area contributed by atoms with Crippen LogP contribution in [0.4, 0.5) is 13.2 Å². The molecule has 1 saturated carbocycles. The number of alkyl halides is 3. The molecule has 1 aliphatic carbocycles. The number of carbonyl (C=O) groups excluding carboxylic acids is 1. The van der Waals surface area contributed by atoms with E-state index in [1.807, 2.05) is 0 Å². The van der Waals surface area contributed by atoms with Crippen LogP contribution in [0, 0.1) is 5.92 Å². The fraction of sp³-hybridized carbons (Fsp3) is 0.500. The molecule has 0 heterocycles. The summed E-state index contributed by atoms with van der Waals surface area (Å²) in [6.45, 7) is -0.0205. The molecule has 0 radical (unpaired) electrons. The van der Waals surface area contributed by atoms with Gasteiger partial charge in [-0.15, -0.1) is 0 Å². The average molecular weight is 321 g/mol. The van der Waals surface area contributed by atoms with Crippen LogP contribution >= 0.6 is 11.6 Å². The Morgan fingerprint density at radius 2 is 2.10 bits per heavy atom. The third kappa shape index (κ3) is 4.11. The highest BCUT2D eigenvalue weighted by atomic mass is 35.5. The summed E-state index contributed by atoms with van der Waals surface area (Å²) in [6.07, 6.45) is -2.31. The molecule has 1 fully saturated rings. The summed E-state index contributed by atoms with van der Waals surface area (Å²) in [5, 5.41) is 2.84. The fourth-order valence-electron chi connectivity index (χ4n) is 2.47. The van der Waals surface area contributed by atoms with Gasteiger partial charge in [0.1, 0.15) is 0 Å². The van der Waals surface area contributed by atoms with Crippen LogP contribution in [0.3, 0.4) is 0 Å². The van der Waals surface area contributed by atoms with Gasteiger partial charge in [0, 0.05) is 23.5 Å². The first kappa shape index (κ1) is 16.1. The molecular weight excluding hydrogens is 305 g/mol. The minimum absolute atomic E-state index is 0.0205. The van der Waals surface area contributed by atoms with E-state index in [0.29, 0.717) is 12.8 Å². The summed E-state index contributed by atoms with van der Waals surface area (Å²) < 4.78 is 37.9. The molecule has 7 heteroatoms. The lowest BCUT2D eigenvalue weighted by atomic mass is 10.1. The second-order valence-corrected chi connectivity index (χ2v) is 5.70. The van der Waals surface area contributed by atoms with Gasteiger partial charge in [-0.05, 0) is 43.0 Å². The van der Waals surface area contributed by atoms with E-state index < -0.39 is 11.7 Å². The number of nitrogens with one attached hydrogen (secondary N) is 1. The molecule has 1 aromatic rings. The van der Waals surface area contributed by atoms with Gasteiger partial charge in [0.05, 0.1) is 5.56 Å². The Labute approximate surface area is 125 Å². The van der Waals surface area contributed by atoms with Crippen molar-refractivity contribution in [3.05, 3.63) is 34.3 Å². The second-order valence-electron chi connectivity index (χ2n) is 5.29. The van der Waals surface area contributed by atoms with E-state index in [-0.39, 0.29) is 35.0 Å². The standard InChI is InChI=1S/C14H16ClF3N2O/c15-12-4-2-10(14(16,17)18)5-9(12)7-20-13(21)8-1-3-11(19)6-8/h2,4-5,8,11H,1,3,6-7,19H2,(H,20,21)/t8-,11+/m1/s1. The maximum Gasteiger partial charge on any atom is 0.416 e. The number of halogens is 4. The molecule has 0 aliphatic heterocycles. The topological polar surface area (TPSA) is 55.1 Å². The van der Waals surface area contributed by atoms with Crippen molar-refractivity contribution in [2.75, 3.05) is 0 Å². The predicted molar refractivity (Wildman–Crippen MR) is 73.6 cm³/mol. The Kier molecular flexibility index (Phi) is 4.78. The van der Waals surface area contributed by atoms with Gasteiger partial charge in [-0.2, -0.15) is 13.2 Å². The summed E-state index contributed by atoms with van der Waals surface area (Å²) in [5.41, 5.74) is 5.21. The first-order valence-electron chi connectivity index (χ1n) is 6.66. The van der Waals surface area contributed by atoms with Crippen molar-refractivity contribution >= 4 is 17.5 Å². The molecule has 0 bridgehead atoms. The molecule has 0 unspecified atom stereocenters. The number of benzene rings is 1. The number of rotatable bonds is 3. The van der Waals surface area contributed by atoms with E-state index in [1.165, 1.54) is 6.07 Å². The molecule has 0 saturated heterocycles. The lowest BCUT2D eigenvalue weighted by molar-refractivity contribution is -0.137. The highest BCUT2D eigenvalue weighted by Crippen LogP contribution is 2.32. The molecule has 21 heavy (non-hydrogen) atoms. The van der Waals surface area contributed by atoms with Crippen LogP contribution in [-0.2, 0) is 17.5 Å². The molecule has 1 aromatic carbocycles. The van der Waals surface area contributed by atoms with Crippen molar-refractivity contribution < 1.29 is 18.0 Å². The second kappa shape index (κ2) is 6.23. The van der Waals surface area contributed by atoms with Gasteiger partial charge in [-0.1, -0.05) is 11.6 Å². The summed E-state index contributed by atoms with van der Waals surface area (Å²) in [7, 11) is 0. The normalized spacial score (nSPS) is 22.3. The van der Waals surface area contributed by atoms with Crippen molar-refractivity contribution in [1.29, 1.82) is 0 Å². The molecule has 1 aliphatic rings. The molecule has 116 valence electrons. The van der Waals surface area contributed by atoms with Crippen molar-refractivity contribution in [2.24, 2.45) is 11.7 Å². The maximum absolute atomic E-state index is 12.6. The summed E-state index contributed by atoms with van der Waals surface area (Å²) in [5.74, 6) is -0.346. The number of hydrogen-bond acceptors (Lipinski definition) is 2. The van der Waals surface area contributed by atoms with Gasteiger partial charge in [0.15, 0.2) is 0 Å². The zero-order valence-corrected chi connectivity index (χ0v) is 12.0. The fourth-order valence-corrected chi connectivity index (χ4v) is 2.65. The molecule has 2 rings (SSSR count). The number of nitrogens with two attached hydrogens (primary N) is 1. The van der Waals surface area contributed by atoms with E-state index in [0.717, 1.165) is 18.6 Å². The lowest BCUT2D eigenvalue weighted by Crippen LogP contribution is -2.30. The highest BCUT2D eigenvalue weighted by molar-refractivity contribution is 6.31. The van der Waals surface area contributed by atoms with Crippen molar-refractivity contribution in [2.45, 2.75) is 38.0 Å². The van der Waals surface area contributed by atoms with Crippen LogP contribution < -0.4 is 11.1 Å². The average Bonchev–Trinajstić information content (AvgIpc) is 2.83. The third-order valence-corrected chi connectivity index (χ3v) is 4.04. The van der Waals surface area contributed by atoms with Crippen LogP contribution in [0.2, 0.25) is 5.02 Å². The number of amides is 1. The zero-order chi connectivity index (χ0) is 15.6. The molecule has 3 nitrogen and oxygen atoms in total. The lowest BCUT2D eigenvalue weighted by Gasteiger charge is -2.13. The van der Waals surface area contributed by atoms with Gasteiger partial charge >= 0.3 is 6.18 Å². The molecule has 3 N–H and O–H groups in total. The van der Waals surface area contributed by atoms with Gasteiger partial charge in [0.2, 0.25) is 5.91 Å². The van der Waals surface area contributed by atoms with Gasteiger partial charge in [-0.3, -0.25) is 4.79 Å². The molecular formula is C14H16ClF3N2O. The first-order chi connectivity index (χ1) is 9.77. The quantitative estimate of drug-likeness (QED) is 0.899. The zero-order valence-electron chi connectivity index (χ0n) is 11.2. The molecule has 0 aromatic heterocycles. The Balaban J connectivity index is 2.01. The first-order valence-corrected chi connectivity index (χ1v) is 7.04. The van der Waals surface area contributed by atoms with Crippen LogP contribution in [0.25, 0.3) is 0 Å². The Bertz CT molecular complexity index is 533.